The number of hydrogen-bond donors (Lipinski definition) is 0. The van der Waals surface area contributed by atoms with Crippen molar-refractivity contribution in [3.8, 4) is 0 Å². The Morgan fingerprint density at radius 2 is 1.89 bits per heavy atom. The molecule has 6 nitrogen and oxygen atoms in total. The van der Waals surface area contributed by atoms with Crippen molar-refractivity contribution in [2.45, 2.75) is 57.0 Å². The summed E-state index contributed by atoms with van der Waals surface area (Å²) in [5.74, 6) is -0.119. The number of aromatic nitrogens is 1. The van der Waals surface area contributed by atoms with Crippen LogP contribution in [-0.4, -0.2) is 53.0 Å². The standard InChI is InChI=1S/C21H28ClN3O3/c1-23(16-5-3-2-4-6-16)20(26)14-24-11-9-17(10-12-24)25-18-13-15(22)7-8-19(18)28-21(25)27/h7-8,13,16-17H,2-6,9-12,14H2,1H3. The maximum Gasteiger partial charge on any atom is 0.420 e. The van der Waals surface area contributed by atoms with Crippen molar-refractivity contribution in [2.24, 2.45) is 0 Å². The van der Waals surface area contributed by atoms with Gasteiger partial charge in [0.1, 0.15) is 0 Å². The van der Waals surface area contributed by atoms with Gasteiger partial charge >= 0.3 is 5.76 Å². The van der Waals surface area contributed by atoms with Crippen LogP contribution < -0.4 is 5.76 Å². The van der Waals surface area contributed by atoms with Gasteiger partial charge in [-0.3, -0.25) is 14.3 Å². The van der Waals surface area contributed by atoms with Crippen LogP contribution >= 0.6 is 11.6 Å². The molecule has 7 heteroatoms. The molecule has 1 saturated carbocycles. The van der Waals surface area contributed by atoms with Gasteiger partial charge in [0.2, 0.25) is 5.91 Å². The van der Waals surface area contributed by atoms with Crippen molar-refractivity contribution < 1.29 is 9.21 Å². The van der Waals surface area contributed by atoms with Gasteiger partial charge in [0, 0.05) is 37.2 Å². The molecule has 28 heavy (non-hydrogen) atoms. The molecule has 1 amide bonds. The predicted octanol–water partition coefficient (Wildman–Crippen LogP) is 3.68. The number of halogens is 1. The highest BCUT2D eigenvalue weighted by atomic mass is 35.5. The Labute approximate surface area is 170 Å². The fourth-order valence-electron chi connectivity index (χ4n) is 4.66. The van der Waals surface area contributed by atoms with Crippen molar-refractivity contribution in [3.63, 3.8) is 0 Å². The van der Waals surface area contributed by atoms with E-state index in [1.807, 2.05) is 11.9 Å². The second-order valence-corrected chi connectivity index (χ2v) is 8.59. The highest BCUT2D eigenvalue weighted by Crippen LogP contribution is 2.27. The third kappa shape index (κ3) is 3.98. The smallest absolute Gasteiger partial charge is 0.408 e. The minimum atomic E-state index is -0.330. The van der Waals surface area contributed by atoms with Crippen LogP contribution in [0.1, 0.15) is 51.0 Å². The van der Waals surface area contributed by atoms with Crippen LogP contribution in [0.2, 0.25) is 5.02 Å². The zero-order valence-electron chi connectivity index (χ0n) is 16.4. The van der Waals surface area contributed by atoms with Crippen LogP contribution in [0.25, 0.3) is 11.1 Å². The topological polar surface area (TPSA) is 58.7 Å². The Morgan fingerprint density at radius 3 is 2.61 bits per heavy atom. The Bertz CT molecular complexity index is 892. The van der Waals surface area contributed by atoms with E-state index in [0.29, 0.717) is 23.2 Å². The number of nitrogens with zero attached hydrogens (tertiary/aromatic N) is 3. The number of carbonyl (C=O) groups excluding carboxylic acids is 1. The molecule has 0 unspecified atom stereocenters. The van der Waals surface area contributed by atoms with Gasteiger partial charge in [-0.2, -0.15) is 0 Å². The highest BCUT2D eigenvalue weighted by molar-refractivity contribution is 6.31. The lowest BCUT2D eigenvalue weighted by Gasteiger charge is -2.35. The molecule has 0 bridgehead atoms. The molecule has 0 N–H and O–H groups in total. The summed E-state index contributed by atoms with van der Waals surface area (Å²) in [4.78, 5) is 29.2. The number of fused-ring (bicyclic) bond motifs is 1. The van der Waals surface area contributed by atoms with E-state index in [0.717, 1.165) is 44.3 Å². The SMILES string of the molecule is CN(C(=O)CN1CCC(n2c(=O)oc3ccc(Cl)cc32)CC1)C1CCCCC1. The lowest BCUT2D eigenvalue weighted by Crippen LogP contribution is -2.46. The first-order valence-electron chi connectivity index (χ1n) is 10.3. The van der Waals surface area contributed by atoms with E-state index >= 15 is 0 Å². The van der Waals surface area contributed by atoms with Crippen LogP contribution in [-0.2, 0) is 4.79 Å². The molecule has 152 valence electrons. The maximum absolute atomic E-state index is 12.7. The van der Waals surface area contributed by atoms with Crippen LogP contribution in [0.5, 0.6) is 0 Å². The maximum atomic E-state index is 12.7. The van der Waals surface area contributed by atoms with E-state index in [1.54, 1.807) is 22.8 Å². The molecule has 1 saturated heterocycles. The zero-order valence-corrected chi connectivity index (χ0v) is 17.2. The van der Waals surface area contributed by atoms with Crippen LogP contribution in [0.3, 0.4) is 0 Å². The molecule has 0 radical (unpaired) electrons. The molecule has 0 atom stereocenters. The van der Waals surface area contributed by atoms with Gasteiger partial charge in [0.05, 0.1) is 12.1 Å². The summed E-state index contributed by atoms with van der Waals surface area (Å²) in [6.07, 6.45) is 7.64. The molecular weight excluding hydrogens is 378 g/mol. The van der Waals surface area contributed by atoms with Crippen molar-refractivity contribution >= 4 is 28.6 Å². The molecule has 2 heterocycles. The number of hydrogen-bond acceptors (Lipinski definition) is 4. The number of carbonyl (C=O) groups is 1. The summed E-state index contributed by atoms with van der Waals surface area (Å²) < 4.78 is 7.10. The lowest BCUT2D eigenvalue weighted by molar-refractivity contribution is -0.134. The number of oxazole rings is 1. The molecule has 2 aromatic rings. The van der Waals surface area contributed by atoms with Crippen molar-refractivity contribution in [3.05, 3.63) is 33.8 Å². The van der Waals surface area contributed by atoms with Gasteiger partial charge in [-0.05, 0) is 43.9 Å². The summed E-state index contributed by atoms with van der Waals surface area (Å²) in [6, 6.07) is 5.74. The second kappa shape index (κ2) is 8.29. The molecule has 1 aliphatic carbocycles. The molecule has 1 aromatic heterocycles. The first kappa shape index (κ1) is 19.5. The molecule has 1 aromatic carbocycles. The number of amides is 1. The van der Waals surface area contributed by atoms with Gasteiger partial charge in [-0.1, -0.05) is 30.9 Å². The van der Waals surface area contributed by atoms with E-state index < -0.39 is 0 Å². The molecule has 1 aliphatic heterocycles. The first-order valence-corrected chi connectivity index (χ1v) is 10.7. The Balaban J connectivity index is 1.37. The fraction of sp³-hybridized carbons (Fsp3) is 0.619. The third-order valence-electron chi connectivity index (χ3n) is 6.37. The Morgan fingerprint density at radius 1 is 1.18 bits per heavy atom. The molecular formula is C21H28ClN3O3. The number of likely N-dealkylation sites (tertiary alicyclic amines) is 1. The third-order valence-corrected chi connectivity index (χ3v) is 6.61. The van der Waals surface area contributed by atoms with E-state index in [4.69, 9.17) is 16.0 Å². The summed E-state index contributed by atoms with van der Waals surface area (Å²) in [7, 11) is 1.95. The summed E-state index contributed by atoms with van der Waals surface area (Å²) >= 11 is 6.11. The average molecular weight is 406 g/mol. The summed E-state index contributed by atoms with van der Waals surface area (Å²) in [5.41, 5.74) is 1.32. The van der Waals surface area contributed by atoms with Crippen molar-refractivity contribution in [1.29, 1.82) is 0 Å². The molecule has 4 rings (SSSR count). The molecule has 2 fully saturated rings. The van der Waals surface area contributed by atoms with E-state index in [9.17, 15) is 9.59 Å². The Kier molecular flexibility index (Phi) is 5.78. The first-order chi connectivity index (χ1) is 13.5. The van der Waals surface area contributed by atoms with Gasteiger partial charge in [-0.15, -0.1) is 0 Å². The van der Waals surface area contributed by atoms with Crippen LogP contribution in [0.4, 0.5) is 0 Å². The highest BCUT2D eigenvalue weighted by Gasteiger charge is 2.28. The summed E-state index contributed by atoms with van der Waals surface area (Å²) in [6.45, 7) is 2.07. The zero-order chi connectivity index (χ0) is 19.7. The van der Waals surface area contributed by atoms with Crippen LogP contribution in [0.15, 0.2) is 27.4 Å². The second-order valence-electron chi connectivity index (χ2n) is 8.15. The number of rotatable bonds is 4. The van der Waals surface area contributed by atoms with Crippen LogP contribution in [0, 0.1) is 0 Å². The Hall–Kier alpha value is -1.79. The average Bonchev–Trinajstić information content (AvgIpc) is 3.03. The predicted molar refractivity (Wildman–Crippen MR) is 110 cm³/mol. The van der Waals surface area contributed by atoms with E-state index in [2.05, 4.69) is 4.90 Å². The minimum absolute atomic E-state index is 0.0784. The monoisotopic (exact) mass is 405 g/mol. The van der Waals surface area contributed by atoms with Crippen molar-refractivity contribution in [2.75, 3.05) is 26.7 Å². The summed E-state index contributed by atoms with van der Waals surface area (Å²) in [5, 5.41) is 0.593. The van der Waals surface area contributed by atoms with Crippen molar-refractivity contribution in [1.82, 2.24) is 14.4 Å². The minimum Gasteiger partial charge on any atom is -0.408 e. The quantitative estimate of drug-likeness (QED) is 0.778. The molecule has 0 spiro atoms. The number of likely N-dealkylation sites (N-methyl/N-ethyl adjacent to an activating group) is 1. The van der Waals surface area contributed by atoms with Gasteiger partial charge in [0.15, 0.2) is 5.58 Å². The largest absolute Gasteiger partial charge is 0.420 e. The lowest BCUT2D eigenvalue weighted by atomic mass is 9.94. The fourth-order valence-corrected chi connectivity index (χ4v) is 4.83. The van der Waals surface area contributed by atoms with E-state index in [-0.39, 0.29) is 17.7 Å². The number of benzene rings is 1. The molecule has 2 aliphatic rings. The van der Waals surface area contributed by atoms with Gasteiger partial charge in [-0.25, -0.2) is 4.79 Å². The van der Waals surface area contributed by atoms with E-state index in [1.165, 1.54) is 19.3 Å². The van der Waals surface area contributed by atoms with Gasteiger partial charge in [0.25, 0.3) is 0 Å². The normalized spacial score (nSPS) is 19.9. The number of piperidine rings is 1. The van der Waals surface area contributed by atoms with Gasteiger partial charge < -0.3 is 9.32 Å².